The van der Waals surface area contributed by atoms with E-state index in [9.17, 15) is 0 Å². The van der Waals surface area contributed by atoms with Crippen LogP contribution < -0.4 is 0 Å². The van der Waals surface area contributed by atoms with Crippen molar-refractivity contribution in [2.45, 2.75) is 113 Å². The fourth-order valence-electron chi connectivity index (χ4n) is 5.83. The predicted octanol–water partition coefficient (Wildman–Crippen LogP) is 12.6. The Morgan fingerprint density at radius 3 is 1.05 bits per heavy atom. The van der Waals surface area contributed by atoms with E-state index in [1.807, 2.05) is 145 Å². The third-order valence-electron chi connectivity index (χ3n) is 7.85. The summed E-state index contributed by atoms with van der Waals surface area (Å²) in [6.45, 7) is 23.7. The molecule has 0 aromatic heterocycles. The van der Waals surface area contributed by atoms with Crippen molar-refractivity contribution in [3.63, 3.8) is 0 Å². The topological polar surface area (TPSA) is 83.1 Å². The molecule has 56 heavy (non-hydrogen) atoms. The molecule has 0 bridgehead atoms. The maximum atomic E-state index is 6.16. The van der Waals surface area contributed by atoms with Crippen LogP contribution in [0.15, 0.2) is 18.2 Å². The van der Waals surface area contributed by atoms with Crippen molar-refractivity contribution >= 4 is 109 Å². The van der Waals surface area contributed by atoms with Crippen molar-refractivity contribution in [3.8, 4) is 0 Å². The zero-order valence-electron chi connectivity index (χ0n) is 35.5. The van der Waals surface area contributed by atoms with Gasteiger partial charge in [0.1, 0.15) is 0 Å². The van der Waals surface area contributed by atoms with E-state index in [1.165, 1.54) is 16.7 Å². The number of hydrogen-bond acceptors (Lipinski definition) is 17. The summed E-state index contributed by atoms with van der Waals surface area (Å²) in [6.07, 6.45) is 5.04. The Bertz CT molecular complexity index is 1030. The molecular weight excluding hydrogens is 917 g/mol. The van der Waals surface area contributed by atoms with Gasteiger partial charge in [0.05, 0.1) is 0 Å². The van der Waals surface area contributed by atoms with E-state index in [-0.39, 0.29) is 0 Å². The molecule has 0 N–H and O–H groups in total. The van der Waals surface area contributed by atoms with Gasteiger partial charge in [-0.2, -0.15) is 0 Å². The largest absolute Gasteiger partial charge is 0.501 e. The van der Waals surface area contributed by atoms with Crippen LogP contribution in [0.5, 0.6) is 0 Å². The second-order valence-electron chi connectivity index (χ2n) is 11.8. The molecular formula is C36H72O9S8Si3. The van der Waals surface area contributed by atoms with Gasteiger partial charge in [0.2, 0.25) is 0 Å². The van der Waals surface area contributed by atoms with Gasteiger partial charge in [-0.3, -0.25) is 0 Å². The summed E-state index contributed by atoms with van der Waals surface area (Å²) in [5, 5.41) is 0. The fourth-order valence-corrected chi connectivity index (χ4v) is 26.3. The van der Waals surface area contributed by atoms with Gasteiger partial charge < -0.3 is 39.8 Å². The summed E-state index contributed by atoms with van der Waals surface area (Å²) < 4.78 is 54.5. The lowest BCUT2D eigenvalue weighted by Gasteiger charge is -2.28. The molecule has 0 heterocycles. The van der Waals surface area contributed by atoms with Crippen LogP contribution in [-0.2, 0) is 59.1 Å². The summed E-state index contributed by atoms with van der Waals surface area (Å²) in [7, 11) is 7.39. The van der Waals surface area contributed by atoms with Gasteiger partial charge in [0, 0.05) is 101 Å². The van der Waals surface area contributed by atoms with Crippen LogP contribution in [0, 0.1) is 0 Å². The predicted molar refractivity (Wildman–Crippen MR) is 263 cm³/mol. The molecule has 0 saturated heterocycles. The number of aryl methyl sites for hydroxylation is 3. The van der Waals surface area contributed by atoms with Gasteiger partial charge in [-0.25, -0.2) is 0 Å². The average Bonchev–Trinajstić information content (AvgIpc) is 3.17. The highest BCUT2D eigenvalue weighted by atomic mass is 33.7. The van der Waals surface area contributed by atoms with Gasteiger partial charge in [-0.15, -0.1) is 0 Å². The van der Waals surface area contributed by atoms with Gasteiger partial charge >= 0.3 is 26.4 Å². The monoisotopic (exact) mass is 988 g/mol. The summed E-state index contributed by atoms with van der Waals surface area (Å²) in [6, 6.07) is 9.60. The lowest BCUT2D eigenvalue weighted by Crippen LogP contribution is -2.46. The molecule has 0 aliphatic rings. The third kappa shape index (κ3) is 24.8. The molecule has 0 atom stereocenters. The van der Waals surface area contributed by atoms with Crippen molar-refractivity contribution in [1.29, 1.82) is 0 Å². The first kappa shape index (κ1) is 56.3. The lowest BCUT2D eigenvalue weighted by atomic mass is 9.99. The Balaban J connectivity index is 2.70. The molecule has 1 aromatic rings. The summed E-state index contributed by atoms with van der Waals surface area (Å²) in [5.41, 5.74) is 4.23. The van der Waals surface area contributed by atoms with Crippen LogP contribution in [0.4, 0.5) is 0 Å². The van der Waals surface area contributed by atoms with Crippen LogP contribution >= 0.6 is 82.5 Å². The molecule has 20 heteroatoms. The first-order chi connectivity index (χ1) is 27.3. The summed E-state index contributed by atoms with van der Waals surface area (Å²) in [5.74, 6) is 4.24. The zero-order valence-corrected chi connectivity index (χ0v) is 45.1. The normalized spacial score (nSPS) is 12.6. The molecule has 9 nitrogen and oxygen atoms in total. The van der Waals surface area contributed by atoms with Crippen LogP contribution in [-0.4, -0.2) is 109 Å². The molecule has 0 aliphatic carbocycles. The van der Waals surface area contributed by atoms with Gasteiger partial charge in [0.25, 0.3) is 0 Å². The van der Waals surface area contributed by atoms with Crippen LogP contribution in [0.1, 0.15) is 91.8 Å². The Kier molecular flexibility index (Phi) is 37.0. The SMILES string of the molecule is CCO[Si](CCCSSSSCCc1ccc(CC[Si](OCC)(OCC)OCC)cc1CCSSSSCCC[Si](OCC)(OCC)OCC)(OCC)OCC. The number of benzene rings is 1. The minimum Gasteiger partial charge on any atom is -0.374 e. The maximum absolute atomic E-state index is 6.16. The Labute approximate surface area is 375 Å². The zero-order chi connectivity index (χ0) is 41.2. The Morgan fingerprint density at radius 2 is 0.696 bits per heavy atom. The standard InChI is InChI=1S/C36H72O9S8Si3/c1-10-37-54(38-11-2,39-12-3)30-19-26-46-50-52-48-28-23-35-22-21-34(25-32-56(43-16-7,44-17-8)45-18-9)33-36(35)24-29-49-53-51-47-27-20-31-55(40-13-4,41-14-5)42-15-6/h21-22,33H,10-20,23-32H2,1-9H3. The van der Waals surface area contributed by atoms with E-state index in [4.69, 9.17) is 39.8 Å². The lowest BCUT2D eigenvalue weighted by molar-refractivity contribution is 0.0704. The third-order valence-corrected chi connectivity index (χ3v) is 30.3. The minimum absolute atomic E-state index is 0.600. The van der Waals surface area contributed by atoms with Crippen molar-refractivity contribution in [1.82, 2.24) is 0 Å². The summed E-state index contributed by atoms with van der Waals surface area (Å²) >= 11 is 0. The Hall–Kier alpha value is 2.31. The molecule has 1 rings (SSSR count). The van der Waals surface area contributed by atoms with E-state index in [2.05, 4.69) is 18.2 Å². The van der Waals surface area contributed by atoms with Crippen molar-refractivity contribution in [3.05, 3.63) is 34.9 Å². The van der Waals surface area contributed by atoms with Crippen molar-refractivity contribution in [2.24, 2.45) is 0 Å². The first-order valence-corrected chi connectivity index (χ1v) is 36.4. The highest BCUT2D eigenvalue weighted by Crippen LogP contribution is 2.45. The second kappa shape index (κ2) is 36.8. The molecule has 1 aromatic carbocycles. The molecule has 0 aliphatic heterocycles. The minimum atomic E-state index is -2.71. The molecule has 0 saturated carbocycles. The van der Waals surface area contributed by atoms with Crippen LogP contribution in [0.25, 0.3) is 0 Å². The molecule has 0 radical (unpaired) electrons. The molecule has 0 unspecified atom stereocenters. The van der Waals surface area contributed by atoms with E-state index in [1.54, 1.807) is 0 Å². The number of hydrogen-bond donors (Lipinski definition) is 0. The van der Waals surface area contributed by atoms with Gasteiger partial charge in [-0.1, -0.05) is 61.4 Å². The average molecular weight is 990 g/mol. The second-order valence-corrected chi connectivity index (χ2v) is 32.5. The highest BCUT2D eigenvalue weighted by molar-refractivity contribution is 9.26. The fraction of sp³-hybridized carbons (Fsp3) is 0.833. The smallest absolute Gasteiger partial charge is 0.374 e. The highest BCUT2D eigenvalue weighted by Gasteiger charge is 2.41. The molecule has 0 amide bonds. The van der Waals surface area contributed by atoms with Gasteiger partial charge in [-0.05, 0) is 150 Å². The van der Waals surface area contributed by atoms with Gasteiger partial charge in [0.15, 0.2) is 0 Å². The van der Waals surface area contributed by atoms with Crippen molar-refractivity contribution in [2.75, 3.05) is 82.5 Å². The molecule has 0 fully saturated rings. The maximum Gasteiger partial charge on any atom is 0.501 e. The Morgan fingerprint density at radius 1 is 0.375 bits per heavy atom. The van der Waals surface area contributed by atoms with E-state index < -0.39 is 26.4 Å². The van der Waals surface area contributed by atoms with Crippen LogP contribution in [0.3, 0.4) is 0 Å². The van der Waals surface area contributed by atoms with E-state index in [0.717, 1.165) is 73.2 Å². The summed E-state index contributed by atoms with van der Waals surface area (Å²) in [4.78, 5) is 0. The van der Waals surface area contributed by atoms with Crippen molar-refractivity contribution < 1.29 is 39.8 Å². The van der Waals surface area contributed by atoms with E-state index >= 15 is 0 Å². The first-order valence-electron chi connectivity index (χ1n) is 20.3. The quantitative estimate of drug-likeness (QED) is 0.0354. The van der Waals surface area contributed by atoms with E-state index in [0.29, 0.717) is 59.5 Å². The molecule has 0 spiro atoms. The number of rotatable bonds is 41. The van der Waals surface area contributed by atoms with Crippen LogP contribution in [0.2, 0.25) is 18.1 Å². The molecule has 330 valence electrons.